The van der Waals surface area contributed by atoms with Gasteiger partial charge in [0.25, 0.3) is 11.8 Å². The van der Waals surface area contributed by atoms with Crippen molar-refractivity contribution in [3.05, 3.63) is 0 Å². The molecular weight excluding hydrogens is 352 g/mol. The molecule has 1 atom stereocenters. The molecule has 25 heavy (non-hydrogen) atoms. The van der Waals surface area contributed by atoms with Crippen LogP contribution in [0, 0.1) is 0 Å². The summed E-state index contributed by atoms with van der Waals surface area (Å²) >= 11 is 1.24. The summed E-state index contributed by atoms with van der Waals surface area (Å²) in [4.78, 5) is 75.1. The Morgan fingerprint density at radius 2 is 1.72 bits per heavy atom. The van der Waals surface area contributed by atoms with Crippen LogP contribution in [-0.2, 0) is 33.6 Å². The molecule has 1 unspecified atom stereocenters. The van der Waals surface area contributed by atoms with Crippen LogP contribution in [0.4, 0.5) is 0 Å². The Bertz CT molecular complexity index is 617. The molecule has 2 saturated heterocycles. The molecular formula is C15H18N2O7S. The zero-order valence-electron chi connectivity index (χ0n) is 13.7. The Morgan fingerprint density at radius 3 is 2.32 bits per heavy atom. The van der Waals surface area contributed by atoms with Crippen LogP contribution in [0.2, 0.25) is 0 Å². The van der Waals surface area contributed by atoms with Gasteiger partial charge in [-0.2, -0.15) is 0 Å². The molecule has 2 fully saturated rings. The molecule has 10 heteroatoms. The molecule has 0 spiro atoms. The van der Waals surface area contributed by atoms with Crippen LogP contribution in [0.15, 0.2) is 0 Å². The van der Waals surface area contributed by atoms with E-state index in [0.29, 0.717) is 17.2 Å². The van der Waals surface area contributed by atoms with Crippen molar-refractivity contribution in [3.8, 4) is 0 Å². The van der Waals surface area contributed by atoms with E-state index in [0.717, 1.165) is 4.90 Å². The van der Waals surface area contributed by atoms with Crippen LogP contribution in [0.25, 0.3) is 0 Å². The normalized spacial score (nSPS) is 20.6. The summed E-state index contributed by atoms with van der Waals surface area (Å²) < 4.78 is 0. The molecule has 9 nitrogen and oxygen atoms in total. The zero-order chi connectivity index (χ0) is 18.6. The van der Waals surface area contributed by atoms with Crippen molar-refractivity contribution in [1.29, 1.82) is 0 Å². The Hall–Kier alpha value is -2.23. The van der Waals surface area contributed by atoms with E-state index in [1.807, 2.05) is 0 Å². The molecule has 0 aromatic rings. The summed E-state index contributed by atoms with van der Waals surface area (Å²) in [6.07, 6.45) is 0.0362. The SMILES string of the molecule is CC(=O)CCSC1CC(=O)N(CCC(=O)ON2C(=O)CCC2=O)C1=O. The molecule has 0 N–H and O–H groups in total. The van der Waals surface area contributed by atoms with Crippen LogP contribution in [0.1, 0.15) is 39.0 Å². The maximum absolute atomic E-state index is 12.2. The number of hydrogen-bond acceptors (Lipinski definition) is 8. The summed E-state index contributed by atoms with van der Waals surface area (Å²) in [7, 11) is 0. The Balaban J connectivity index is 1.79. The number of ketones is 1. The first-order chi connectivity index (χ1) is 11.8. The largest absolute Gasteiger partial charge is 0.335 e. The van der Waals surface area contributed by atoms with Gasteiger partial charge in [0.05, 0.1) is 11.7 Å². The average molecular weight is 370 g/mol. The van der Waals surface area contributed by atoms with Gasteiger partial charge in [0, 0.05) is 38.0 Å². The van der Waals surface area contributed by atoms with Gasteiger partial charge in [0.1, 0.15) is 5.78 Å². The Morgan fingerprint density at radius 1 is 1.08 bits per heavy atom. The van der Waals surface area contributed by atoms with E-state index >= 15 is 0 Å². The predicted molar refractivity (Wildman–Crippen MR) is 84.7 cm³/mol. The van der Waals surface area contributed by atoms with Crippen LogP contribution in [-0.4, -0.2) is 62.9 Å². The number of carbonyl (C=O) groups excluding carboxylic acids is 6. The Kier molecular flexibility index (Phi) is 6.29. The molecule has 2 heterocycles. The van der Waals surface area contributed by atoms with Crippen LogP contribution < -0.4 is 0 Å². The fraction of sp³-hybridized carbons (Fsp3) is 0.600. The fourth-order valence-electron chi connectivity index (χ4n) is 2.37. The first-order valence-corrected chi connectivity index (χ1v) is 8.86. The number of amides is 4. The van der Waals surface area contributed by atoms with E-state index in [9.17, 15) is 28.8 Å². The molecule has 4 amide bonds. The zero-order valence-corrected chi connectivity index (χ0v) is 14.5. The average Bonchev–Trinajstić information content (AvgIpc) is 2.99. The monoisotopic (exact) mass is 370 g/mol. The van der Waals surface area contributed by atoms with Crippen LogP contribution >= 0.6 is 11.8 Å². The van der Waals surface area contributed by atoms with Crippen molar-refractivity contribution in [3.63, 3.8) is 0 Å². The summed E-state index contributed by atoms with van der Waals surface area (Å²) in [5.74, 6) is -2.38. The van der Waals surface area contributed by atoms with E-state index in [1.165, 1.54) is 18.7 Å². The highest BCUT2D eigenvalue weighted by molar-refractivity contribution is 8.00. The lowest BCUT2D eigenvalue weighted by molar-refractivity contribution is -0.197. The highest BCUT2D eigenvalue weighted by atomic mass is 32.2. The molecule has 0 radical (unpaired) electrons. The fourth-order valence-corrected chi connectivity index (χ4v) is 3.59. The number of Topliss-reactive ketones (excluding diaryl/α,β-unsaturated/α-hetero) is 1. The molecule has 0 saturated carbocycles. The van der Waals surface area contributed by atoms with Gasteiger partial charge in [-0.1, -0.05) is 0 Å². The van der Waals surface area contributed by atoms with E-state index < -0.39 is 34.8 Å². The van der Waals surface area contributed by atoms with Gasteiger partial charge in [-0.15, -0.1) is 16.8 Å². The summed E-state index contributed by atoms with van der Waals surface area (Å²) in [6.45, 7) is 1.28. The number of nitrogens with zero attached hydrogens (tertiary/aromatic N) is 2. The molecule has 0 aliphatic carbocycles. The highest BCUT2D eigenvalue weighted by Gasteiger charge is 2.39. The van der Waals surface area contributed by atoms with Gasteiger partial charge in [-0.3, -0.25) is 28.9 Å². The third kappa shape index (κ3) is 4.88. The number of imide groups is 2. The van der Waals surface area contributed by atoms with E-state index in [1.54, 1.807) is 0 Å². The molecule has 0 bridgehead atoms. The number of likely N-dealkylation sites (tertiary alicyclic amines) is 1. The summed E-state index contributed by atoms with van der Waals surface area (Å²) in [6, 6.07) is 0. The van der Waals surface area contributed by atoms with Crippen molar-refractivity contribution in [2.75, 3.05) is 12.3 Å². The third-order valence-electron chi connectivity index (χ3n) is 3.71. The minimum Gasteiger partial charge on any atom is -0.330 e. The van der Waals surface area contributed by atoms with Crippen molar-refractivity contribution in [2.45, 2.75) is 44.3 Å². The topological polar surface area (TPSA) is 118 Å². The summed E-state index contributed by atoms with van der Waals surface area (Å²) in [5, 5.41) is -0.124. The van der Waals surface area contributed by atoms with Gasteiger partial charge >= 0.3 is 5.97 Å². The quantitative estimate of drug-likeness (QED) is 0.540. The standard InChI is InChI=1S/C15H18N2O7S/c1-9(18)5-7-25-10-8-13(21)16(15(10)23)6-4-14(22)24-17-11(19)2-3-12(17)20/h10H,2-8H2,1H3. The van der Waals surface area contributed by atoms with E-state index in [2.05, 4.69) is 4.84 Å². The first kappa shape index (κ1) is 19.1. The summed E-state index contributed by atoms with van der Waals surface area (Å²) in [5.41, 5.74) is 0. The van der Waals surface area contributed by atoms with E-state index in [-0.39, 0.29) is 38.0 Å². The number of rotatable bonds is 8. The predicted octanol–water partition coefficient (Wildman–Crippen LogP) is -0.176. The number of thioether (sulfide) groups is 1. The van der Waals surface area contributed by atoms with Crippen LogP contribution in [0.3, 0.4) is 0 Å². The van der Waals surface area contributed by atoms with Crippen molar-refractivity contribution >= 4 is 47.1 Å². The lowest BCUT2D eigenvalue weighted by Gasteiger charge is -2.16. The number of carbonyl (C=O) groups is 6. The van der Waals surface area contributed by atoms with Crippen LogP contribution in [0.5, 0.6) is 0 Å². The van der Waals surface area contributed by atoms with Gasteiger partial charge < -0.3 is 4.84 Å². The van der Waals surface area contributed by atoms with Crippen molar-refractivity contribution in [2.24, 2.45) is 0 Å². The second kappa shape index (κ2) is 8.24. The molecule has 0 aromatic carbocycles. The minimum absolute atomic E-state index is 0.00558. The number of hydrogen-bond donors (Lipinski definition) is 0. The van der Waals surface area contributed by atoms with Gasteiger partial charge in [0.15, 0.2) is 0 Å². The molecule has 2 rings (SSSR count). The van der Waals surface area contributed by atoms with E-state index in [4.69, 9.17) is 0 Å². The molecule has 0 aromatic heterocycles. The lowest BCUT2D eigenvalue weighted by atomic mass is 10.3. The number of hydroxylamine groups is 2. The van der Waals surface area contributed by atoms with Gasteiger partial charge in [0.2, 0.25) is 11.8 Å². The third-order valence-corrected chi connectivity index (χ3v) is 4.92. The lowest BCUT2D eigenvalue weighted by Crippen LogP contribution is -2.36. The van der Waals surface area contributed by atoms with Gasteiger partial charge in [-0.05, 0) is 6.92 Å². The molecule has 2 aliphatic rings. The highest BCUT2D eigenvalue weighted by Crippen LogP contribution is 2.26. The maximum Gasteiger partial charge on any atom is 0.335 e. The molecule has 2 aliphatic heterocycles. The Labute approximate surface area is 148 Å². The molecule has 136 valence electrons. The minimum atomic E-state index is -0.864. The van der Waals surface area contributed by atoms with Gasteiger partial charge in [-0.25, -0.2) is 4.79 Å². The van der Waals surface area contributed by atoms with Crippen molar-refractivity contribution < 1.29 is 33.6 Å². The first-order valence-electron chi connectivity index (χ1n) is 7.81. The maximum atomic E-state index is 12.2. The smallest absolute Gasteiger partial charge is 0.330 e. The second-order valence-electron chi connectivity index (χ2n) is 5.69. The van der Waals surface area contributed by atoms with Crippen molar-refractivity contribution in [1.82, 2.24) is 9.96 Å². The second-order valence-corrected chi connectivity index (χ2v) is 7.00.